The maximum absolute atomic E-state index is 12.7. The van der Waals surface area contributed by atoms with E-state index in [0.717, 1.165) is 31.5 Å². The Kier molecular flexibility index (Phi) is 7.10. The Hall–Kier alpha value is -1.52. The molecule has 0 saturated carbocycles. The average molecular weight is 324 g/mol. The summed E-state index contributed by atoms with van der Waals surface area (Å²) < 4.78 is 4.60. The number of esters is 1. The van der Waals surface area contributed by atoms with Gasteiger partial charge in [-0.25, -0.2) is 0 Å². The van der Waals surface area contributed by atoms with Gasteiger partial charge in [-0.1, -0.05) is 34.3 Å². The summed E-state index contributed by atoms with van der Waals surface area (Å²) in [5.74, 6) is 0.0693. The number of carbonyl (C=O) groups excluding carboxylic acids is 2. The van der Waals surface area contributed by atoms with Crippen LogP contribution in [0, 0.1) is 11.3 Å². The van der Waals surface area contributed by atoms with Gasteiger partial charge >= 0.3 is 5.97 Å². The van der Waals surface area contributed by atoms with Crippen molar-refractivity contribution in [1.82, 2.24) is 10.2 Å². The average Bonchev–Trinajstić information content (AvgIpc) is 2.46. The molecule has 23 heavy (non-hydrogen) atoms. The number of hydrogen-bond acceptors (Lipinski definition) is 4. The van der Waals surface area contributed by atoms with E-state index in [1.807, 2.05) is 0 Å². The highest BCUT2D eigenvalue weighted by molar-refractivity contribution is 5.82. The van der Waals surface area contributed by atoms with Gasteiger partial charge in [0.2, 0.25) is 5.91 Å². The number of likely N-dealkylation sites (tertiary alicyclic amines) is 1. The van der Waals surface area contributed by atoms with Crippen molar-refractivity contribution in [1.29, 1.82) is 0 Å². The van der Waals surface area contributed by atoms with Gasteiger partial charge in [0.1, 0.15) is 6.04 Å². The van der Waals surface area contributed by atoms with Crippen molar-refractivity contribution in [3.8, 4) is 0 Å². The van der Waals surface area contributed by atoms with E-state index in [1.165, 1.54) is 7.11 Å². The van der Waals surface area contributed by atoms with Gasteiger partial charge in [0.25, 0.3) is 0 Å². The van der Waals surface area contributed by atoms with Crippen LogP contribution in [0.15, 0.2) is 12.3 Å². The number of hydrogen-bond donors (Lipinski definition) is 1. The number of carbonyl (C=O) groups is 2. The van der Waals surface area contributed by atoms with Gasteiger partial charge in [-0.15, -0.1) is 0 Å². The van der Waals surface area contributed by atoms with E-state index in [-0.39, 0.29) is 29.8 Å². The van der Waals surface area contributed by atoms with E-state index < -0.39 is 0 Å². The fourth-order valence-electron chi connectivity index (χ4n) is 2.94. The first kappa shape index (κ1) is 19.5. The molecular weight excluding hydrogens is 292 g/mol. The number of rotatable bonds is 7. The van der Waals surface area contributed by atoms with Crippen molar-refractivity contribution in [2.75, 3.05) is 20.2 Å². The quantitative estimate of drug-likeness (QED) is 0.732. The summed E-state index contributed by atoms with van der Waals surface area (Å²) in [5, 5.41) is 2.88. The second kappa shape index (κ2) is 8.37. The molecule has 0 aromatic carbocycles. The number of nitrogens with zero attached hydrogens (tertiary/aromatic N) is 1. The molecule has 132 valence electrons. The van der Waals surface area contributed by atoms with Crippen LogP contribution >= 0.6 is 0 Å². The van der Waals surface area contributed by atoms with E-state index in [0.29, 0.717) is 12.5 Å². The van der Waals surface area contributed by atoms with Crippen molar-refractivity contribution in [2.45, 2.75) is 59.4 Å². The number of ether oxygens (including phenoxy) is 1. The van der Waals surface area contributed by atoms with Crippen molar-refractivity contribution in [3.05, 3.63) is 12.3 Å². The lowest BCUT2D eigenvalue weighted by Crippen LogP contribution is -2.52. The van der Waals surface area contributed by atoms with Crippen LogP contribution in [0.3, 0.4) is 0 Å². The lowest BCUT2D eigenvalue weighted by atomic mass is 9.81. The second-order valence-electron chi connectivity index (χ2n) is 7.62. The number of amides is 1. The summed E-state index contributed by atoms with van der Waals surface area (Å²) in [6.45, 7) is 14.0. The minimum absolute atomic E-state index is 0.0264. The van der Waals surface area contributed by atoms with Gasteiger partial charge in [0.05, 0.1) is 13.5 Å². The number of nitrogens with one attached hydrogen (secondary N) is 1. The van der Waals surface area contributed by atoms with Gasteiger partial charge < -0.3 is 15.0 Å². The summed E-state index contributed by atoms with van der Waals surface area (Å²) in [6, 6.07) is -0.222. The van der Waals surface area contributed by atoms with E-state index in [2.05, 4.69) is 49.2 Å². The predicted molar refractivity (Wildman–Crippen MR) is 91.7 cm³/mol. The van der Waals surface area contributed by atoms with Crippen LogP contribution in [-0.4, -0.2) is 43.0 Å². The van der Waals surface area contributed by atoms with Gasteiger partial charge in [-0.2, -0.15) is 0 Å². The number of allylic oxidation sites excluding steroid dienone is 1. The van der Waals surface area contributed by atoms with E-state index in [9.17, 15) is 9.59 Å². The summed E-state index contributed by atoms with van der Waals surface area (Å²) in [6.07, 6.45) is 3.00. The Bertz CT molecular complexity index is 444. The zero-order valence-electron chi connectivity index (χ0n) is 15.3. The summed E-state index contributed by atoms with van der Waals surface area (Å²) in [4.78, 5) is 26.0. The van der Waals surface area contributed by atoms with Crippen molar-refractivity contribution in [3.63, 3.8) is 0 Å². The topological polar surface area (TPSA) is 58.6 Å². The van der Waals surface area contributed by atoms with E-state index in [4.69, 9.17) is 0 Å². The standard InChI is InChI=1S/C18H32N2O3/c1-13(2)11-15(17(22)19-10-8-16(21)23-6)20-12-18(4,5)9-7-14(20)3/h13,15H,3,7-12H2,1-2,4-6H3,(H,19,22). The first-order valence-corrected chi connectivity index (χ1v) is 8.45. The van der Waals surface area contributed by atoms with Crippen LogP contribution in [0.5, 0.6) is 0 Å². The van der Waals surface area contributed by atoms with Crippen LogP contribution in [-0.2, 0) is 14.3 Å². The zero-order valence-corrected chi connectivity index (χ0v) is 15.3. The molecular formula is C18H32N2O3. The fraction of sp³-hybridized carbons (Fsp3) is 0.778. The molecule has 0 spiro atoms. The third kappa shape index (κ3) is 6.24. The highest BCUT2D eigenvalue weighted by Crippen LogP contribution is 2.35. The Morgan fingerprint density at radius 2 is 2.04 bits per heavy atom. The lowest BCUT2D eigenvalue weighted by molar-refractivity contribution is -0.140. The van der Waals surface area contributed by atoms with Gasteiger partial charge in [0, 0.05) is 18.8 Å². The Morgan fingerprint density at radius 3 is 2.61 bits per heavy atom. The third-order valence-electron chi connectivity index (χ3n) is 4.32. The molecule has 5 heteroatoms. The smallest absolute Gasteiger partial charge is 0.307 e. The van der Waals surface area contributed by atoms with Gasteiger partial charge in [-0.3, -0.25) is 9.59 Å². The minimum atomic E-state index is -0.311. The maximum atomic E-state index is 12.7. The van der Waals surface area contributed by atoms with Crippen molar-refractivity contribution >= 4 is 11.9 Å². The SMILES string of the molecule is C=C1CCC(C)(C)CN1C(CC(C)C)C(=O)NCCC(=O)OC. The molecule has 0 radical (unpaired) electrons. The van der Waals surface area contributed by atoms with Crippen LogP contribution in [0.25, 0.3) is 0 Å². The molecule has 1 atom stereocenters. The molecule has 0 aromatic heterocycles. The molecule has 1 saturated heterocycles. The molecule has 1 aliphatic rings. The second-order valence-corrected chi connectivity index (χ2v) is 7.62. The van der Waals surface area contributed by atoms with E-state index >= 15 is 0 Å². The summed E-state index contributed by atoms with van der Waals surface area (Å²) in [5.41, 5.74) is 1.22. The lowest BCUT2D eigenvalue weighted by Gasteiger charge is -2.44. The van der Waals surface area contributed by atoms with Crippen LogP contribution in [0.1, 0.15) is 53.4 Å². The molecule has 1 fully saturated rings. The highest BCUT2D eigenvalue weighted by Gasteiger charge is 2.35. The minimum Gasteiger partial charge on any atom is -0.469 e. The van der Waals surface area contributed by atoms with E-state index in [1.54, 1.807) is 0 Å². The monoisotopic (exact) mass is 324 g/mol. The molecule has 1 heterocycles. The Morgan fingerprint density at radius 1 is 1.39 bits per heavy atom. The van der Waals surface area contributed by atoms with Crippen LogP contribution in [0.2, 0.25) is 0 Å². The predicted octanol–water partition coefficient (Wildman–Crippen LogP) is 2.72. The van der Waals surface area contributed by atoms with Gasteiger partial charge in [-0.05, 0) is 30.6 Å². The molecule has 5 nitrogen and oxygen atoms in total. The maximum Gasteiger partial charge on any atom is 0.307 e. The molecule has 0 aromatic rings. The molecule has 1 N–H and O–H groups in total. The summed E-state index contributed by atoms with van der Waals surface area (Å²) in [7, 11) is 1.35. The largest absolute Gasteiger partial charge is 0.469 e. The third-order valence-corrected chi connectivity index (χ3v) is 4.32. The molecule has 0 bridgehead atoms. The molecule has 1 rings (SSSR count). The van der Waals surface area contributed by atoms with Crippen molar-refractivity contribution in [2.24, 2.45) is 11.3 Å². The van der Waals surface area contributed by atoms with Crippen LogP contribution in [0.4, 0.5) is 0 Å². The zero-order chi connectivity index (χ0) is 17.6. The fourth-order valence-corrected chi connectivity index (χ4v) is 2.94. The van der Waals surface area contributed by atoms with Crippen molar-refractivity contribution < 1.29 is 14.3 Å². The first-order chi connectivity index (χ1) is 10.7. The summed E-state index contributed by atoms with van der Waals surface area (Å²) >= 11 is 0. The number of methoxy groups -OCH3 is 1. The number of piperidine rings is 1. The first-order valence-electron chi connectivity index (χ1n) is 8.45. The Balaban J connectivity index is 2.76. The van der Waals surface area contributed by atoms with Gasteiger partial charge in [0.15, 0.2) is 0 Å². The molecule has 1 unspecified atom stereocenters. The highest BCUT2D eigenvalue weighted by atomic mass is 16.5. The van der Waals surface area contributed by atoms with Crippen LogP contribution < -0.4 is 5.32 Å². The molecule has 1 aliphatic heterocycles. The molecule has 1 amide bonds. The normalized spacial score (nSPS) is 18.7. The molecule has 0 aliphatic carbocycles. The Labute approximate surface area is 140 Å².